The zero-order valence-corrected chi connectivity index (χ0v) is 5.39. The van der Waals surface area contributed by atoms with E-state index >= 15 is 0 Å². The molecule has 2 heterocycles. The number of aromatic nitrogens is 2. The number of nitrogens with one attached hydrogen (secondary N) is 2. The van der Waals surface area contributed by atoms with E-state index in [9.17, 15) is 0 Å². The number of H-pyrrole nitrogens is 2. The van der Waals surface area contributed by atoms with Gasteiger partial charge in [0.1, 0.15) is 0 Å². The molecule has 2 aromatic heterocycles. The topological polar surface area (TPSA) is 31.6 Å². The average Bonchev–Trinajstić information content (AvgIpc) is 2.59. The van der Waals surface area contributed by atoms with E-state index in [1.165, 1.54) is 0 Å². The van der Waals surface area contributed by atoms with E-state index in [2.05, 4.69) is 16.2 Å². The molecule has 2 rings (SSSR count). The summed E-state index contributed by atoms with van der Waals surface area (Å²) in [4.78, 5) is 5.96. The van der Waals surface area contributed by atoms with Crippen LogP contribution in [0.4, 0.5) is 0 Å². The summed E-state index contributed by atoms with van der Waals surface area (Å²) in [6.07, 6.45) is 6.74. The molecule has 0 amide bonds. The minimum atomic E-state index is 1.07. The molecule has 0 spiro atoms. The Hall–Kier alpha value is -1.44. The summed E-state index contributed by atoms with van der Waals surface area (Å²) in [6, 6.07) is 5.96. The maximum absolute atomic E-state index is 3.09. The summed E-state index contributed by atoms with van der Waals surface area (Å²) in [6.45, 7) is 0. The molecule has 2 aromatic rings. The molecule has 0 aliphatic carbocycles. The van der Waals surface area contributed by atoms with Crippen molar-refractivity contribution in [2.24, 2.45) is 0 Å². The highest BCUT2D eigenvalue weighted by molar-refractivity contribution is 5.56. The smallest absolute Gasteiger partial charge is 0.0721 e. The van der Waals surface area contributed by atoms with E-state index in [0.717, 1.165) is 11.3 Å². The minimum absolute atomic E-state index is 1.07. The van der Waals surface area contributed by atoms with Crippen molar-refractivity contribution in [3.63, 3.8) is 0 Å². The molecule has 1 radical (unpaired) electrons. The Bertz CT molecular complexity index is 247. The van der Waals surface area contributed by atoms with Crippen LogP contribution in [0.2, 0.25) is 0 Å². The molecule has 0 aliphatic heterocycles. The molecule has 2 N–H and O–H groups in total. The lowest BCUT2D eigenvalue weighted by Gasteiger charge is -1.86. The maximum Gasteiger partial charge on any atom is 0.0721 e. The van der Waals surface area contributed by atoms with Gasteiger partial charge in [0.05, 0.1) is 6.20 Å². The lowest BCUT2D eigenvalue weighted by molar-refractivity contribution is 1.37. The van der Waals surface area contributed by atoms with Crippen LogP contribution in [0.15, 0.2) is 30.6 Å². The van der Waals surface area contributed by atoms with Gasteiger partial charge in [0.25, 0.3) is 0 Å². The standard InChI is InChI=1S/C8H7N2/c1-2-8(10-4-1)7-3-5-9-6-7/h1-5,9-10H. The third-order valence-corrected chi connectivity index (χ3v) is 1.43. The third kappa shape index (κ3) is 0.739. The van der Waals surface area contributed by atoms with Crippen molar-refractivity contribution in [2.45, 2.75) is 0 Å². The first-order valence-electron chi connectivity index (χ1n) is 3.15. The molecule has 49 valence electrons. The Morgan fingerprint density at radius 2 is 2.20 bits per heavy atom. The van der Waals surface area contributed by atoms with Crippen molar-refractivity contribution >= 4 is 0 Å². The van der Waals surface area contributed by atoms with E-state index < -0.39 is 0 Å². The second-order valence-electron chi connectivity index (χ2n) is 2.10. The largest absolute Gasteiger partial charge is 0.361 e. The fourth-order valence-corrected chi connectivity index (χ4v) is 0.941. The molecule has 0 unspecified atom stereocenters. The molecule has 0 bridgehead atoms. The molecule has 10 heavy (non-hydrogen) atoms. The maximum atomic E-state index is 3.09. The molecular weight excluding hydrogens is 124 g/mol. The van der Waals surface area contributed by atoms with Crippen LogP contribution in [0, 0.1) is 6.20 Å². The van der Waals surface area contributed by atoms with Gasteiger partial charge in [-0.05, 0) is 18.2 Å². The monoisotopic (exact) mass is 131 g/mol. The summed E-state index contributed by atoms with van der Waals surface area (Å²) in [5.74, 6) is 0. The molecule has 0 saturated carbocycles. The van der Waals surface area contributed by atoms with Gasteiger partial charge in [0.15, 0.2) is 0 Å². The van der Waals surface area contributed by atoms with Crippen LogP contribution < -0.4 is 0 Å². The van der Waals surface area contributed by atoms with Gasteiger partial charge in [0, 0.05) is 23.7 Å². The van der Waals surface area contributed by atoms with Crippen LogP contribution >= 0.6 is 0 Å². The van der Waals surface area contributed by atoms with Crippen LogP contribution in [0.5, 0.6) is 0 Å². The van der Waals surface area contributed by atoms with Crippen molar-refractivity contribution in [3.8, 4) is 11.3 Å². The normalized spacial score (nSPS) is 10.0. The van der Waals surface area contributed by atoms with Crippen molar-refractivity contribution in [2.75, 3.05) is 0 Å². The average molecular weight is 131 g/mol. The molecule has 0 fully saturated rings. The summed E-state index contributed by atoms with van der Waals surface area (Å²) in [7, 11) is 0. The molecule has 0 aromatic carbocycles. The summed E-state index contributed by atoms with van der Waals surface area (Å²) >= 11 is 0. The Morgan fingerprint density at radius 3 is 2.80 bits per heavy atom. The predicted molar refractivity (Wildman–Crippen MR) is 39.4 cm³/mol. The number of aromatic amines is 2. The summed E-state index contributed by atoms with van der Waals surface area (Å²) in [5.41, 5.74) is 2.17. The summed E-state index contributed by atoms with van der Waals surface area (Å²) < 4.78 is 0. The SMILES string of the molecule is [c]1[nH]ccc1-c1ccc[nH]1. The van der Waals surface area contributed by atoms with Gasteiger partial charge in [-0.25, -0.2) is 0 Å². The Labute approximate surface area is 58.9 Å². The third-order valence-electron chi connectivity index (χ3n) is 1.43. The lowest BCUT2D eigenvalue weighted by atomic mass is 10.2. The van der Waals surface area contributed by atoms with Crippen molar-refractivity contribution in [3.05, 3.63) is 36.8 Å². The van der Waals surface area contributed by atoms with Crippen molar-refractivity contribution in [1.82, 2.24) is 9.97 Å². The predicted octanol–water partition coefficient (Wildman–Crippen LogP) is 1.81. The van der Waals surface area contributed by atoms with Gasteiger partial charge in [0.2, 0.25) is 0 Å². The highest BCUT2D eigenvalue weighted by atomic mass is 14.7. The fraction of sp³-hybridized carbons (Fsp3) is 0. The lowest BCUT2D eigenvalue weighted by Crippen LogP contribution is -1.69. The van der Waals surface area contributed by atoms with Gasteiger partial charge in [-0.1, -0.05) is 0 Å². The van der Waals surface area contributed by atoms with Crippen molar-refractivity contribution < 1.29 is 0 Å². The molecule has 0 atom stereocenters. The molecule has 2 nitrogen and oxygen atoms in total. The highest BCUT2D eigenvalue weighted by Gasteiger charge is 1.95. The number of hydrogen-bond donors (Lipinski definition) is 2. The van der Waals surface area contributed by atoms with E-state index in [1.54, 1.807) is 0 Å². The van der Waals surface area contributed by atoms with Gasteiger partial charge in [-0.3, -0.25) is 0 Å². The molecule has 2 heteroatoms. The van der Waals surface area contributed by atoms with Crippen LogP contribution in [0.25, 0.3) is 11.3 Å². The van der Waals surface area contributed by atoms with E-state index in [0.29, 0.717) is 0 Å². The van der Waals surface area contributed by atoms with Gasteiger partial charge < -0.3 is 9.97 Å². The zero-order chi connectivity index (χ0) is 6.81. The quantitative estimate of drug-likeness (QED) is 0.591. The first-order chi connectivity index (χ1) is 4.97. The first kappa shape index (κ1) is 5.35. The van der Waals surface area contributed by atoms with Gasteiger partial charge in [-0.2, -0.15) is 0 Å². The second kappa shape index (κ2) is 2.06. The Balaban J connectivity index is 2.48. The van der Waals surface area contributed by atoms with Gasteiger partial charge in [-0.15, -0.1) is 0 Å². The molecule has 0 aliphatic rings. The van der Waals surface area contributed by atoms with E-state index in [-0.39, 0.29) is 0 Å². The van der Waals surface area contributed by atoms with E-state index in [1.807, 2.05) is 30.6 Å². The van der Waals surface area contributed by atoms with E-state index in [4.69, 9.17) is 0 Å². The highest BCUT2D eigenvalue weighted by Crippen LogP contribution is 2.13. The van der Waals surface area contributed by atoms with Crippen LogP contribution in [0.1, 0.15) is 0 Å². The van der Waals surface area contributed by atoms with Crippen LogP contribution in [0.3, 0.4) is 0 Å². The summed E-state index contributed by atoms with van der Waals surface area (Å²) in [5, 5.41) is 0. The zero-order valence-electron chi connectivity index (χ0n) is 5.39. The number of hydrogen-bond acceptors (Lipinski definition) is 0. The fourth-order valence-electron chi connectivity index (χ4n) is 0.941. The van der Waals surface area contributed by atoms with Gasteiger partial charge >= 0.3 is 0 Å². The number of rotatable bonds is 1. The van der Waals surface area contributed by atoms with Crippen LogP contribution in [-0.4, -0.2) is 9.97 Å². The Morgan fingerprint density at radius 1 is 1.20 bits per heavy atom. The minimum Gasteiger partial charge on any atom is -0.361 e. The van der Waals surface area contributed by atoms with Crippen molar-refractivity contribution in [1.29, 1.82) is 0 Å². The van der Waals surface area contributed by atoms with Crippen LogP contribution in [-0.2, 0) is 0 Å². The Kier molecular flexibility index (Phi) is 1.10. The first-order valence-corrected chi connectivity index (χ1v) is 3.15. The second-order valence-corrected chi connectivity index (χ2v) is 2.10. The molecular formula is C8H7N2. The molecule has 0 saturated heterocycles.